The molecule has 5 rings (SSSR count). The zero-order valence-electron chi connectivity index (χ0n) is 23.0. The summed E-state index contributed by atoms with van der Waals surface area (Å²) in [6.07, 6.45) is 0. The molecule has 0 radical (unpaired) electrons. The highest BCUT2D eigenvalue weighted by Gasteiger charge is 2.48. The van der Waals surface area contributed by atoms with E-state index in [1.54, 1.807) is 51.2 Å². The number of carbonyl (C=O) groups is 3. The van der Waals surface area contributed by atoms with E-state index in [1.807, 2.05) is 25.1 Å². The normalized spacial score (nSPS) is 14.6. The van der Waals surface area contributed by atoms with Crippen molar-refractivity contribution in [2.75, 3.05) is 36.6 Å². The van der Waals surface area contributed by atoms with Crippen LogP contribution in [0.15, 0.2) is 54.6 Å². The lowest BCUT2D eigenvalue weighted by Crippen LogP contribution is -2.41. The maximum absolute atomic E-state index is 14.0. The number of aryl methyl sites for hydroxylation is 1. The number of nitrogens with zero attached hydrogens (tertiary/aromatic N) is 3. The zero-order chi connectivity index (χ0) is 29.5. The Morgan fingerprint density at radius 1 is 1.10 bits per heavy atom. The summed E-state index contributed by atoms with van der Waals surface area (Å²) in [5.41, 5.74) is 8.86. The third-order valence-electron chi connectivity index (χ3n) is 7.23. The van der Waals surface area contributed by atoms with E-state index in [0.29, 0.717) is 22.3 Å². The van der Waals surface area contributed by atoms with Gasteiger partial charge in [-0.15, -0.1) is 0 Å². The summed E-state index contributed by atoms with van der Waals surface area (Å²) in [6.45, 7) is 5.39. The van der Waals surface area contributed by atoms with Crippen LogP contribution in [0.25, 0.3) is 22.0 Å². The third kappa shape index (κ3) is 5.11. The second-order valence-electron chi connectivity index (χ2n) is 10.3. The number of amides is 5. The summed E-state index contributed by atoms with van der Waals surface area (Å²) in [6, 6.07) is 14.2. The van der Waals surface area contributed by atoms with E-state index in [4.69, 9.17) is 10.5 Å². The van der Waals surface area contributed by atoms with Gasteiger partial charge in [0.2, 0.25) is 0 Å². The first-order chi connectivity index (χ1) is 19.5. The lowest BCUT2D eigenvalue weighted by atomic mass is 10.0. The number of carbonyl (C=O) groups excluding carboxylic acids is 3. The van der Waals surface area contributed by atoms with Crippen LogP contribution in [0.5, 0.6) is 5.75 Å². The van der Waals surface area contributed by atoms with Gasteiger partial charge in [0.05, 0.1) is 17.6 Å². The summed E-state index contributed by atoms with van der Waals surface area (Å²) in [5.74, 6) is -0.0593. The van der Waals surface area contributed by atoms with Gasteiger partial charge >= 0.3 is 12.1 Å². The molecule has 3 aromatic carbocycles. The number of anilines is 3. The third-order valence-corrected chi connectivity index (χ3v) is 7.23. The van der Waals surface area contributed by atoms with Crippen molar-refractivity contribution < 1.29 is 23.5 Å². The molecule has 0 spiro atoms. The molecule has 2 heterocycles. The number of hydrogen-bond acceptors (Lipinski definition) is 6. The van der Waals surface area contributed by atoms with E-state index in [1.165, 1.54) is 15.9 Å². The highest BCUT2D eigenvalue weighted by atomic mass is 19.1. The standard InChI is InChI=1S/C29H30FN7O4/c1-16-5-11-20(30)21(15-16)33-27(39)32-18-8-6-17(7-9-18)19-10-12-22(24-23(19)25(31)35-34-24)41-14-13-37-26(38)29(2,3)36(4)28(37)40/h5-12,15H,13-14H2,1-4H3,(H3,31,34,35)(H2,32,33,39). The van der Waals surface area contributed by atoms with E-state index in [0.717, 1.165) is 16.7 Å². The first-order valence-corrected chi connectivity index (χ1v) is 12.9. The Balaban J connectivity index is 1.29. The highest BCUT2D eigenvalue weighted by molar-refractivity contribution is 6.06. The van der Waals surface area contributed by atoms with E-state index in [9.17, 15) is 18.8 Å². The van der Waals surface area contributed by atoms with Crippen molar-refractivity contribution in [3.63, 3.8) is 0 Å². The number of urea groups is 2. The van der Waals surface area contributed by atoms with Gasteiger partial charge in [-0.3, -0.25) is 14.8 Å². The largest absolute Gasteiger partial charge is 0.489 e. The molecule has 0 bridgehead atoms. The molecular formula is C29H30FN7O4. The number of halogens is 1. The van der Waals surface area contributed by atoms with Crippen LogP contribution in [0.1, 0.15) is 19.4 Å². The van der Waals surface area contributed by atoms with Crippen molar-refractivity contribution in [3.8, 4) is 16.9 Å². The predicted molar refractivity (Wildman–Crippen MR) is 154 cm³/mol. The second kappa shape index (κ2) is 10.5. The molecule has 5 amide bonds. The summed E-state index contributed by atoms with van der Waals surface area (Å²) in [4.78, 5) is 40.1. The second-order valence-corrected chi connectivity index (χ2v) is 10.3. The Kier molecular flexibility index (Phi) is 6.99. The summed E-state index contributed by atoms with van der Waals surface area (Å²) in [7, 11) is 1.60. The molecule has 12 heteroatoms. The van der Waals surface area contributed by atoms with Crippen molar-refractivity contribution >= 4 is 46.1 Å². The van der Waals surface area contributed by atoms with Crippen LogP contribution >= 0.6 is 0 Å². The fraction of sp³-hybridized carbons (Fsp3) is 0.241. The van der Waals surface area contributed by atoms with Gasteiger partial charge in [0.1, 0.15) is 29.2 Å². The molecule has 41 heavy (non-hydrogen) atoms. The summed E-state index contributed by atoms with van der Waals surface area (Å²) >= 11 is 0. The van der Waals surface area contributed by atoms with Gasteiger partial charge in [-0.2, -0.15) is 5.10 Å². The van der Waals surface area contributed by atoms with Gasteiger partial charge in [-0.1, -0.05) is 18.2 Å². The maximum atomic E-state index is 14.0. The number of H-pyrrole nitrogens is 1. The van der Waals surface area contributed by atoms with Crippen molar-refractivity contribution in [2.45, 2.75) is 26.3 Å². The van der Waals surface area contributed by atoms with Crippen molar-refractivity contribution in [3.05, 3.63) is 66.0 Å². The minimum absolute atomic E-state index is 0.0870. The Morgan fingerprint density at radius 2 is 1.83 bits per heavy atom. The SMILES string of the molecule is Cc1ccc(F)c(NC(=O)Nc2ccc(-c3ccc(OCCN4C(=O)N(C)C(C)(C)C4=O)c4[nH]nc(N)c34)cc2)c1. The number of nitrogen functional groups attached to an aromatic ring is 1. The monoisotopic (exact) mass is 559 g/mol. The topological polar surface area (TPSA) is 146 Å². The Hall–Kier alpha value is -5.13. The number of rotatable bonds is 7. The molecule has 11 nitrogen and oxygen atoms in total. The van der Waals surface area contributed by atoms with E-state index in [2.05, 4.69) is 20.8 Å². The first-order valence-electron chi connectivity index (χ1n) is 12.9. The molecule has 1 fully saturated rings. The van der Waals surface area contributed by atoms with Crippen molar-refractivity contribution in [2.24, 2.45) is 0 Å². The van der Waals surface area contributed by atoms with Crippen LogP contribution in [-0.2, 0) is 4.79 Å². The lowest BCUT2D eigenvalue weighted by molar-refractivity contribution is -0.131. The number of likely N-dealkylation sites (N-methyl/N-ethyl adjacent to an activating group) is 1. The molecule has 1 saturated heterocycles. The molecule has 1 aliphatic heterocycles. The summed E-state index contributed by atoms with van der Waals surface area (Å²) < 4.78 is 19.9. The molecule has 4 aromatic rings. The molecule has 0 unspecified atom stereocenters. The first kappa shape index (κ1) is 27.4. The Morgan fingerprint density at radius 3 is 2.51 bits per heavy atom. The highest BCUT2D eigenvalue weighted by Crippen LogP contribution is 2.37. The molecule has 1 aliphatic rings. The van der Waals surface area contributed by atoms with Crippen LogP contribution in [-0.4, -0.2) is 63.7 Å². The predicted octanol–water partition coefficient (Wildman–Crippen LogP) is 4.96. The van der Waals surface area contributed by atoms with E-state index in [-0.39, 0.29) is 36.6 Å². The molecule has 5 N–H and O–H groups in total. The maximum Gasteiger partial charge on any atom is 0.327 e. The average molecular weight is 560 g/mol. The van der Waals surface area contributed by atoms with Gasteiger partial charge in [0, 0.05) is 12.7 Å². The molecule has 1 aromatic heterocycles. The number of ether oxygens (including phenoxy) is 1. The summed E-state index contributed by atoms with van der Waals surface area (Å²) in [5, 5.41) is 12.9. The van der Waals surface area contributed by atoms with Crippen molar-refractivity contribution in [1.29, 1.82) is 0 Å². The van der Waals surface area contributed by atoms with Gasteiger partial charge in [-0.05, 0) is 73.9 Å². The Bertz CT molecular complexity index is 1670. The number of aromatic amines is 1. The number of hydrogen-bond donors (Lipinski definition) is 4. The fourth-order valence-electron chi connectivity index (χ4n) is 4.67. The number of aromatic nitrogens is 2. The molecule has 0 atom stereocenters. The smallest absolute Gasteiger partial charge is 0.327 e. The number of benzene rings is 3. The lowest BCUT2D eigenvalue weighted by Gasteiger charge is -2.22. The number of nitrogens with one attached hydrogen (secondary N) is 3. The van der Waals surface area contributed by atoms with E-state index < -0.39 is 17.4 Å². The van der Waals surface area contributed by atoms with E-state index >= 15 is 0 Å². The number of nitrogens with two attached hydrogens (primary N) is 1. The number of fused-ring (bicyclic) bond motifs is 1. The van der Waals surface area contributed by atoms with Crippen LogP contribution in [0.3, 0.4) is 0 Å². The zero-order valence-corrected chi connectivity index (χ0v) is 23.0. The van der Waals surface area contributed by atoms with Crippen LogP contribution < -0.4 is 21.1 Å². The quantitative estimate of drug-likeness (QED) is 0.236. The van der Waals surface area contributed by atoms with Gasteiger partial charge in [0.15, 0.2) is 5.82 Å². The van der Waals surface area contributed by atoms with Gasteiger partial charge < -0.3 is 26.0 Å². The minimum atomic E-state index is -0.905. The average Bonchev–Trinajstić information content (AvgIpc) is 3.39. The van der Waals surface area contributed by atoms with Crippen LogP contribution in [0.2, 0.25) is 0 Å². The van der Waals surface area contributed by atoms with Crippen molar-refractivity contribution in [1.82, 2.24) is 20.0 Å². The molecule has 0 aliphatic carbocycles. The molecule has 0 saturated carbocycles. The van der Waals surface area contributed by atoms with Crippen LogP contribution in [0.4, 0.5) is 31.2 Å². The minimum Gasteiger partial charge on any atom is -0.489 e. The fourth-order valence-corrected chi connectivity index (χ4v) is 4.67. The Labute approximate surface area is 235 Å². The van der Waals surface area contributed by atoms with Gasteiger partial charge in [-0.25, -0.2) is 14.0 Å². The van der Waals surface area contributed by atoms with Crippen LogP contribution in [0, 0.1) is 12.7 Å². The molecular weight excluding hydrogens is 529 g/mol. The number of imide groups is 1. The van der Waals surface area contributed by atoms with Gasteiger partial charge in [0.25, 0.3) is 5.91 Å². The molecule has 212 valence electrons.